The van der Waals surface area contributed by atoms with Crippen LogP contribution in [0.25, 0.3) is 0 Å². The molecule has 0 radical (unpaired) electrons. The fourth-order valence-corrected chi connectivity index (χ4v) is 5.22. The Morgan fingerprint density at radius 2 is 1.83 bits per heavy atom. The van der Waals surface area contributed by atoms with Gasteiger partial charge in [-0.15, -0.1) is 24.0 Å². The third-order valence-electron chi connectivity index (χ3n) is 5.95. The first-order valence-corrected chi connectivity index (χ1v) is 11.9. The van der Waals surface area contributed by atoms with Gasteiger partial charge in [-0.1, -0.05) is 18.2 Å². The molecule has 3 rings (SSSR count). The molecule has 1 aromatic carbocycles. The molecule has 0 spiro atoms. The Morgan fingerprint density at radius 3 is 2.38 bits per heavy atom. The zero-order valence-electron chi connectivity index (χ0n) is 17.3. The third kappa shape index (κ3) is 6.21. The normalized spacial score (nSPS) is 20.6. The van der Waals surface area contributed by atoms with Crippen LogP contribution in [0.4, 0.5) is 5.69 Å². The molecule has 0 amide bonds. The predicted octanol–water partition coefficient (Wildman–Crippen LogP) is 2.03. The fourth-order valence-electron chi connectivity index (χ4n) is 3.98. The van der Waals surface area contributed by atoms with Gasteiger partial charge in [-0.2, -0.15) is 0 Å². The van der Waals surface area contributed by atoms with E-state index in [1.54, 1.807) is 7.05 Å². The molecule has 1 aromatic rings. The number of hydrogen-bond acceptors (Lipinski definition) is 5. The smallest absolute Gasteiger partial charge is 0.191 e. The first kappa shape index (κ1) is 24.2. The Labute approximate surface area is 191 Å². The highest BCUT2D eigenvalue weighted by Crippen LogP contribution is 2.28. The van der Waals surface area contributed by atoms with Crippen molar-refractivity contribution in [1.29, 1.82) is 0 Å². The van der Waals surface area contributed by atoms with Crippen molar-refractivity contribution in [3.8, 4) is 0 Å². The van der Waals surface area contributed by atoms with Gasteiger partial charge >= 0.3 is 0 Å². The monoisotopic (exact) mass is 536 g/mol. The Hall–Kier alpha value is -1.07. The minimum absolute atomic E-state index is 0. The van der Waals surface area contributed by atoms with Gasteiger partial charge in [0.25, 0.3) is 0 Å². The standard InChI is InChI=1S/C20H32N4O3S.HI/c1-21-19(22-16-20(28(2,25)26)10-14-27-15-11-20)23-17-8-12-24(13-9-17)18-6-4-3-5-7-18;/h3-7,17H,8-16H2,1-2H3,(H2,21,22,23);1H. The lowest BCUT2D eigenvalue weighted by Crippen LogP contribution is -2.55. The highest BCUT2D eigenvalue weighted by molar-refractivity contribution is 14.0. The molecule has 2 saturated heterocycles. The highest BCUT2D eigenvalue weighted by atomic mass is 127. The Morgan fingerprint density at radius 1 is 1.21 bits per heavy atom. The third-order valence-corrected chi connectivity index (χ3v) is 8.08. The number of ether oxygens (including phenoxy) is 1. The summed E-state index contributed by atoms with van der Waals surface area (Å²) in [4.78, 5) is 6.71. The van der Waals surface area contributed by atoms with E-state index in [2.05, 4.69) is 44.8 Å². The van der Waals surface area contributed by atoms with Crippen LogP contribution in [0.1, 0.15) is 25.7 Å². The van der Waals surface area contributed by atoms with Gasteiger partial charge in [-0.25, -0.2) is 8.42 Å². The van der Waals surface area contributed by atoms with Gasteiger partial charge < -0.3 is 20.3 Å². The van der Waals surface area contributed by atoms with Crippen molar-refractivity contribution in [2.75, 3.05) is 51.1 Å². The van der Waals surface area contributed by atoms with Gasteiger partial charge in [0.2, 0.25) is 0 Å². The first-order valence-electron chi connectivity index (χ1n) is 9.98. The second-order valence-electron chi connectivity index (χ2n) is 7.73. The van der Waals surface area contributed by atoms with Crippen LogP contribution in [-0.2, 0) is 14.6 Å². The van der Waals surface area contributed by atoms with Crippen LogP contribution in [0.3, 0.4) is 0 Å². The summed E-state index contributed by atoms with van der Waals surface area (Å²) in [6, 6.07) is 10.8. The van der Waals surface area contributed by atoms with Crippen molar-refractivity contribution in [3.05, 3.63) is 30.3 Å². The molecule has 0 saturated carbocycles. The summed E-state index contributed by atoms with van der Waals surface area (Å²) >= 11 is 0. The highest BCUT2D eigenvalue weighted by Gasteiger charge is 2.42. The fraction of sp³-hybridized carbons (Fsp3) is 0.650. The molecule has 2 N–H and O–H groups in total. The SMILES string of the molecule is CN=C(NCC1(S(C)(=O)=O)CCOCC1)NC1CCN(c2ccccc2)CC1.I. The van der Waals surface area contributed by atoms with E-state index in [0.29, 0.717) is 44.6 Å². The summed E-state index contributed by atoms with van der Waals surface area (Å²) in [6.07, 6.45) is 4.40. The molecule has 164 valence electrons. The van der Waals surface area contributed by atoms with E-state index >= 15 is 0 Å². The van der Waals surface area contributed by atoms with Crippen LogP contribution in [0.2, 0.25) is 0 Å². The Bertz CT molecular complexity index is 759. The van der Waals surface area contributed by atoms with E-state index in [1.807, 2.05) is 6.07 Å². The van der Waals surface area contributed by atoms with Crippen molar-refractivity contribution in [2.45, 2.75) is 36.5 Å². The van der Waals surface area contributed by atoms with Crippen LogP contribution in [0.15, 0.2) is 35.3 Å². The van der Waals surface area contributed by atoms with E-state index < -0.39 is 14.6 Å². The molecule has 0 bridgehead atoms. The van der Waals surface area contributed by atoms with Crippen LogP contribution < -0.4 is 15.5 Å². The van der Waals surface area contributed by atoms with Crippen LogP contribution >= 0.6 is 24.0 Å². The van der Waals surface area contributed by atoms with Gasteiger partial charge in [-0.05, 0) is 37.8 Å². The van der Waals surface area contributed by atoms with Gasteiger partial charge in [0.15, 0.2) is 15.8 Å². The second-order valence-corrected chi connectivity index (χ2v) is 10.1. The minimum Gasteiger partial charge on any atom is -0.381 e. The maximum atomic E-state index is 12.4. The lowest BCUT2D eigenvalue weighted by Gasteiger charge is -2.37. The number of para-hydroxylation sites is 1. The number of aliphatic imine (C=N–C) groups is 1. The number of piperidine rings is 1. The van der Waals surface area contributed by atoms with Gasteiger partial charge in [-0.3, -0.25) is 4.99 Å². The maximum Gasteiger partial charge on any atom is 0.191 e. The van der Waals surface area contributed by atoms with E-state index in [-0.39, 0.29) is 24.0 Å². The molecular weight excluding hydrogens is 503 g/mol. The van der Waals surface area contributed by atoms with Crippen LogP contribution in [-0.4, -0.2) is 71.3 Å². The molecule has 2 aliphatic rings. The minimum atomic E-state index is -3.19. The predicted molar refractivity (Wildman–Crippen MR) is 129 cm³/mol. The molecular formula is C20H33IN4O3S. The van der Waals surface area contributed by atoms with Crippen LogP contribution in [0.5, 0.6) is 0 Å². The average Bonchev–Trinajstić information content (AvgIpc) is 2.72. The van der Waals surface area contributed by atoms with Gasteiger partial charge in [0, 0.05) is 57.9 Å². The molecule has 2 heterocycles. The maximum absolute atomic E-state index is 12.4. The second kappa shape index (κ2) is 10.8. The molecule has 0 atom stereocenters. The number of nitrogens with one attached hydrogen (secondary N) is 2. The zero-order chi connectivity index (χ0) is 20.0. The summed E-state index contributed by atoms with van der Waals surface area (Å²) in [5.41, 5.74) is 1.26. The van der Waals surface area contributed by atoms with E-state index in [0.717, 1.165) is 25.9 Å². The molecule has 29 heavy (non-hydrogen) atoms. The topological polar surface area (TPSA) is 83.0 Å². The number of guanidine groups is 1. The molecule has 0 aliphatic carbocycles. The number of sulfone groups is 1. The van der Waals surface area contributed by atoms with Crippen molar-refractivity contribution in [3.63, 3.8) is 0 Å². The number of benzene rings is 1. The number of halogens is 1. The number of anilines is 1. The molecule has 2 aliphatic heterocycles. The molecule has 2 fully saturated rings. The van der Waals surface area contributed by atoms with Crippen molar-refractivity contribution in [1.82, 2.24) is 10.6 Å². The van der Waals surface area contributed by atoms with Crippen molar-refractivity contribution < 1.29 is 13.2 Å². The zero-order valence-corrected chi connectivity index (χ0v) is 20.4. The summed E-state index contributed by atoms with van der Waals surface area (Å²) in [5, 5.41) is 6.74. The Kier molecular flexibility index (Phi) is 9.02. The number of hydrogen-bond donors (Lipinski definition) is 2. The number of nitrogens with zero attached hydrogens (tertiary/aromatic N) is 2. The van der Waals surface area contributed by atoms with E-state index in [4.69, 9.17) is 4.74 Å². The average molecular weight is 536 g/mol. The van der Waals surface area contributed by atoms with Crippen molar-refractivity contribution in [2.24, 2.45) is 4.99 Å². The van der Waals surface area contributed by atoms with E-state index in [1.165, 1.54) is 11.9 Å². The molecule has 0 unspecified atom stereocenters. The lowest BCUT2D eigenvalue weighted by molar-refractivity contribution is 0.0756. The summed E-state index contributed by atoms with van der Waals surface area (Å²) in [5.74, 6) is 0.674. The van der Waals surface area contributed by atoms with E-state index in [9.17, 15) is 8.42 Å². The summed E-state index contributed by atoms with van der Waals surface area (Å²) in [6.45, 7) is 3.31. The van der Waals surface area contributed by atoms with Gasteiger partial charge in [0.05, 0.1) is 4.75 Å². The Balaban J connectivity index is 0.00000300. The van der Waals surface area contributed by atoms with Crippen molar-refractivity contribution >= 4 is 45.5 Å². The summed E-state index contributed by atoms with van der Waals surface area (Å²) in [7, 11) is -1.47. The molecule has 0 aromatic heterocycles. The van der Waals surface area contributed by atoms with Crippen LogP contribution in [0, 0.1) is 0 Å². The number of rotatable bonds is 5. The summed E-state index contributed by atoms with van der Waals surface area (Å²) < 4.78 is 29.4. The molecule has 9 heteroatoms. The quantitative estimate of drug-likeness (QED) is 0.341. The molecule has 7 nitrogen and oxygen atoms in total. The first-order chi connectivity index (χ1) is 13.4. The van der Waals surface area contributed by atoms with Gasteiger partial charge in [0.1, 0.15) is 0 Å². The largest absolute Gasteiger partial charge is 0.381 e. The lowest BCUT2D eigenvalue weighted by atomic mass is 9.99.